The summed E-state index contributed by atoms with van der Waals surface area (Å²) in [6, 6.07) is 0.199. The minimum absolute atomic E-state index is 0.0631. The molecule has 1 amide bonds. The summed E-state index contributed by atoms with van der Waals surface area (Å²) in [5.74, 6) is -1.02. The first kappa shape index (κ1) is 11.4. The molecule has 16 heavy (non-hydrogen) atoms. The second-order valence-electron chi connectivity index (χ2n) is 5.13. The number of carboxylic acid groups (broad SMARTS) is 1. The quantitative estimate of drug-likeness (QED) is 0.760. The van der Waals surface area contributed by atoms with Gasteiger partial charge in [0.1, 0.15) is 0 Å². The molecule has 2 rings (SSSR count). The van der Waals surface area contributed by atoms with Gasteiger partial charge in [-0.1, -0.05) is 12.8 Å². The summed E-state index contributed by atoms with van der Waals surface area (Å²) in [7, 11) is 0. The van der Waals surface area contributed by atoms with E-state index in [0.29, 0.717) is 12.3 Å². The Morgan fingerprint density at radius 2 is 1.88 bits per heavy atom. The van der Waals surface area contributed by atoms with Crippen molar-refractivity contribution in [1.82, 2.24) is 5.32 Å². The fourth-order valence-electron chi connectivity index (χ4n) is 2.66. The SMILES string of the molecule is CC(NC(=O)C1CC1C(=O)O)C1CCCC1. The first-order valence-corrected chi connectivity index (χ1v) is 6.12. The predicted octanol–water partition coefficient (Wildman–Crippen LogP) is 1.40. The monoisotopic (exact) mass is 225 g/mol. The van der Waals surface area contributed by atoms with Crippen LogP contribution in [0.3, 0.4) is 0 Å². The fourth-order valence-corrected chi connectivity index (χ4v) is 2.66. The standard InChI is InChI=1S/C12H19NO3/c1-7(8-4-2-3-5-8)13-11(14)9-6-10(9)12(15)16/h7-10H,2-6H2,1H3,(H,13,14)(H,15,16). The summed E-state index contributed by atoms with van der Waals surface area (Å²) in [6.45, 7) is 2.03. The average molecular weight is 225 g/mol. The number of aliphatic carboxylic acids is 1. The number of amides is 1. The van der Waals surface area contributed by atoms with Crippen molar-refractivity contribution in [3.05, 3.63) is 0 Å². The van der Waals surface area contributed by atoms with Crippen LogP contribution in [-0.4, -0.2) is 23.0 Å². The van der Waals surface area contributed by atoms with Crippen molar-refractivity contribution in [1.29, 1.82) is 0 Å². The van der Waals surface area contributed by atoms with Crippen molar-refractivity contribution in [3.8, 4) is 0 Å². The minimum atomic E-state index is -0.839. The zero-order valence-electron chi connectivity index (χ0n) is 9.61. The maximum absolute atomic E-state index is 11.7. The molecule has 0 heterocycles. The molecule has 0 aromatic heterocycles. The highest BCUT2D eigenvalue weighted by Crippen LogP contribution is 2.39. The van der Waals surface area contributed by atoms with E-state index in [9.17, 15) is 9.59 Å². The molecule has 4 heteroatoms. The van der Waals surface area contributed by atoms with Crippen molar-refractivity contribution < 1.29 is 14.7 Å². The fraction of sp³-hybridized carbons (Fsp3) is 0.833. The number of carboxylic acids is 1. The summed E-state index contributed by atoms with van der Waals surface area (Å²) < 4.78 is 0. The molecule has 0 bridgehead atoms. The molecule has 3 atom stereocenters. The topological polar surface area (TPSA) is 66.4 Å². The van der Waals surface area contributed by atoms with E-state index in [4.69, 9.17) is 5.11 Å². The van der Waals surface area contributed by atoms with Crippen LogP contribution in [0.2, 0.25) is 0 Å². The first-order chi connectivity index (χ1) is 7.59. The molecule has 2 fully saturated rings. The Kier molecular flexibility index (Phi) is 3.17. The smallest absolute Gasteiger partial charge is 0.307 e. The lowest BCUT2D eigenvalue weighted by Crippen LogP contribution is -2.38. The van der Waals surface area contributed by atoms with E-state index >= 15 is 0 Å². The van der Waals surface area contributed by atoms with Gasteiger partial charge in [-0.25, -0.2) is 0 Å². The molecule has 2 aliphatic rings. The molecule has 2 N–H and O–H groups in total. The van der Waals surface area contributed by atoms with Gasteiger partial charge in [-0.2, -0.15) is 0 Å². The Morgan fingerprint density at radius 3 is 2.38 bits per heavy atom. The molecule has 3 unspecified atom stereocenters. The first-order valence-electron chi connectivity index (χ1n) is 6.12. The van der Waals surface area contributed by atoms with E-state index < -0.39 is 11.9 Å². The molecule has 0 saturated heterocycles. The Bertz CT molecular complexity index is 297. The molecule has 0 aromatic rings. The number of hydrogen-bond acceptors (Lipinski definition) is 2. The molecule has 2 saturated carbocycles. The van der Waals surface area contributed by atoms with E-state index in [-0.39, 0.29) is 17.9 Å². The Morgan fingerprint density at radius 1 is 1.25 bits per heavy atom. The van der Waals surface area contributed by atoms with Crippen molar-refractivity contribution in [3.63, 3.8) is 0 Å². The van der Waals surface area contributed by atoms with Crippen LogP contribution in [0, 0.1) is 17.8 Å². The van der Waals surface area contributed by atoms with Gasteiger partial charge in [-0.15, -0.1) is 0 Å². The molecule has 0 radical (unpaired) electrons. The third-order valence-electron chi connectivity index (χ3n) is 3.92. The summed E-state index contributed by atoms with van der Waals surface area (Å²) in [5, 5.41) is 11.7. The van der Waals surface area contributed by atoms with Crippen LogP contribution < -0.4 is 5.32 Å². The van der Waals surface area contributed by atoms with Crippen molar-refractivity contribution >= 4 is 11.9 Å². The summed E-state index contributed by atoms with van der Waals surface area (Å²) >= 11 is 0. The third kappa shape index (κ3) is 2.36. The number of hydrogen-bond donors (Lipinski definition) is 2. The minimum Gasteiger partial charge on any atom is -0.481 e. The third-order valence-corrected chi connectivity index (χ3v) is 3.92. The molecule has 90 valence electrons. The van der Waals surface area contributed by atoms with Gasteiger partial charge in [0.15, 0.2) is 0 Å². The zero-order chi connectivity index (χ0) is 11.7. The van der Waals surface area contributed by atoms with E-state index in [1.165, 1.54) is 25.7 Å². The van der Waals surface area contributed by atoms with Gasteiger partial charge in [-0.05, 0) is 32.1 Å². The van der Waals surface area contributed by atoms with Gasteiger partial charge in [0, 0.05) is 6.04 Å². The molecular weight excluding hydrogens is 206 g/mol. The molecule has 2 aliphatic carbocycles. The Labute approximate surface area is 95.4 Å². The highest BCUT2D eigenvalue weighted by Gasteiger charge is 2.48. The van der Waals surface area contributed by atoms with Crippen molar-refractivity contribution in [2.45, 2.75) is 45.1 Å². The highest BCUT2D eigenvalue weighted by atomic mass is 16.4. The second kappa shape index (κ2) is 4.44. The molecule has 0 spiro atoms. The number of carbonyl (C=O) groups excluding carboxylic acids is 1. The van der Waals surface area contributed by atoms with E-state index in [1.54, 1.807) is 0 Å². The Balaban J connectivity index is 1.77. The van der Waals surface area contributed by atoms with Crippen LogP contribution in [0.1, 0.15) is 39.0 Å². The summed E-state index contributed by atoms with van der Waals surface area (Å²) in [6.07, 6.45) is 5.40. The van der Waals surface area contributed by atoms with Gasteiger partial charge in [0.25, 0.3) is 0 Å². The lowest BCUT2D eigenvalue weighted by atomic mass is 9.99. The van der Waals surface area contributed by atoms with Gasteiger partial charge in [-0.3, -0.25) is 9.59 Å². The van der Waals surface area contributed by atoms with Crippen LogP contribution in [0.15, 0.2) is 0 Å². The van der Waals surface area contributed by atoms with E-state index in [0.717, 1.165) is 0 Å². The Hall–Kier alpha value is -1.06. The largest absolute Gasteiger partial charge is 0.481 e. The molecular formula is C12H19NO3. The van der Waals surface area contributed by atoms with Crippen LogP contribution >= 0.6 is 0 Å². The summed E-state index contributed by atoms with van der Waals surface area (Å²) in [5.41, 5.74) is 0. The van der Waals surface area contributed by atoms with Gasteiger partial charge >= 0.3 is 5.97 Å². The van der Waals surface area contributed by atoms with Crippen LogP contribution in [0.5, 0.6) is 0 Å². The van der Waals surface area contributed by atoms with Crippen molar-refractivity contribution in [2.75, 3.05) is 0 Å². The van der Waals surface area contributed by atoms with Crippen LogP contribution in [0.25, 0.3) is 0 Å². The number of nitrogens with one attached hydrogen (secondary N) is 1. The molecule has 4 nitrogen and oxygen atoms in total. The maximum Gasteiger partial charge on any atom is 0.307 e. The van der Waals surface area contributed by atoms with E-state index in [1.807, 2.05) is 6.92 Å². The second-order valence-corrected chi connectivity index (χ2v) is 5.13. The van der Waals surface area contributed by atoms with Gasteiger partial charge in [0.2, 0.25) is 5.91 Å². The highest BCUT2D eigenvalue weighted by molar-refractivity contribution is 5.89. The lowest BCUT2D eigenvalue weighted by Gasteiger charge is -2.20. The molecule has 0 aromatic carbocycles. The molecule has 0 aliphatic heterocycles. The number of rotatable bonds is 4. The van der Waals surface area contributed by atoms with Gasteiger partial charge in [0.05, 0.1) is 11.8 Å². The maximum atomic E-state index is 11.7. The lowest BCUT2D eigenvalue weighted by molar-refractivity contribution is -0.140. The zero-order valence-corrected chi connectivity index (χ0v) is 9.61. The number of carbonyl (C=O) groups is 2. The summed E-state index contributed by atoms with van der Waals surface area (Å²) in [4.78, 5) is 22.4. The van der Waals surface area contributed by atoms with Crippen molar-refractivity contribution in [2.24, 2.45) is 17.8 Å². The normalized spacial score (nSPS) is 31.1. The van der Waals surface area contributed by atoms with Crippen LogP contribution in [-0.2, 0) is 9.59 Å². The van der Waals surface area contributed by atoms with Gasteiger partial charge < -0.3 is 10.4 Å². The predicted molar refractivity (Wildman–Crippen MR) is 58.8 cm³/mol. The van der Waals surface area contributed by atoms with Crippen LogP contribution in [0.4, 0.5) is 0 Å². The average Bonchev–Trinajstić information content (AvgIpc) is 2.85. The van der Waals surface area contributed by atoms with E-state index in [2.05, 4.69) is 5.32 Å².